The van der Waals surface area contributed by atoms with Crippen molar-refractivity contribution in [2.45, 2.75) is 6.42 Å². The van der Waals surface area contributed by atoms with Crippen LogP contribution in [0.3, 0.4) is 0 Å². The molecule has 0 saturated carbocycles. The van der Waals surface area contributed by atoms with E-state index in [0.717, 1.165) is 49.3 Å². The Morgan fingerprint density at radius 3 is 2.48 bits per heavy atom. The number of amides is 1. The fourth-order valence-electron chi connectivity index (χ4n) is 4.36. The van der Waals surface area contributed by atoms with Crippen molar-refractivity contribution in [2.24, 2.45) is 0 Å². The number of hydrogen-bond donors (Lipinski definition) is 1. The maximum Gasteiger partial charge on any atom is 0.259 e. The molecular formula is C27H29N5O. The summed E-state index contributed by atoms with van der Waals surface area (Å²) < 4.78 is 0. The number of likely N-dealkylation sites (N-methyl/N-ethyl adjacent to an activating group) is 1. The van der Waals surface area contributed by atoms with Crippen molar-refractivity contribution in [3.8, 4) is 0 Å². The molecule has 3 heterocycles. The number of benzene rings is 2. The summed E-state index contributed by atoms with van der Waals surface area (Å²) >= 11 is 0. The molecule has 0 bridgehead atoms. The van der Waals surface area contributed by atoms with Crippen molar-refractivity contribution < 1.29 is 4.79 Å². The van der Waals surface area contributed by atoms with Crippen LogP contribution in [0.4, 0.5) is 5.69 Å². The third-order valence-corrected chi connectivity index (χ3v) is 6.38. The molecule has 0 unspecified atom stereocenters. The first-order chi connectivity index (χ1) is 16.2. The van der Waals surface area contributed by atoms with E-state index in [-0.39, 0.29) is 5.91 Å². The molecule has 1 aliphatic heterocycles. The van der Waals surface area contributed by atoms with E-state index in [1.807, 2.05) is 47.5 Å². The molecule has 1 aliphatic rings. The van der Waals surface area contributed by atoms with Crippen molar-refractivity contribution in [1.82, 2.24) is 19.8 Å². The number of nitrogens with zero attached hydrogens (tertiary/aromatic N) is 4. The van der Waals surface area contributed by atoms with Gasteiger partial charge in [0.2, 0.25) is 0 Å². The number of anilines is 1. The summed E-state index contributed by atoms with van der Waals surface area (Å²) in [5, 5.41) is 1.15. The third kappa shape index (κ3) is 4.82. The topological polar surface area (TPSA) is 55.5 Å². The standard InChI is InChI=1S/C27H29N5O/c1-30-14-16-31(17-15-30)20-32(27(33)22-6-3-2-4-7-22)24-11-9-21(10-12-24)18-23-19-29-26-25(23)8-5-13-28-26/h2-13,19H,14-18,20H2,1H3,(H,28,29). The lowest BCUT2D eigenvalue weighted by atomic mass is 10.0. The minimum Gasteiger partial charge on any atom is -0.346 e. The van der Waals surface area contributed by atoms with Crippen molar-refractivity contribution >= 4 is 22.6 Å². The minimum atomic E-state index is 0.0324. The number of carbonyl (C=O) groups is 1. The van der Waals surface area contributed by atoms with Crippen molar-refractivity contribution in [3.63, 3.8) is 0 Å². The van der Waals surface area contributed by atoms with Crippen LogP contribution in [0.2, 0.25) is 0 Å². The molecule has 2 aromatic heterocycles. The van der Waals surface area contributed by atoms with Crippen LogP contribution < -0.4 is 4.90 Å². The van der Waals surface area contributed by atoms with E-state index in [1.54, 1.807) is 6.20 Å². The van der Waals surface area contributed by atoms with Gasteiger partial charge in [-0.15, -0.1) is 0 Å². The predicted octanol–water partition coefficient (Wildman–Crippen LogP) is 4.01. The summed E-state index contributed by atoms with van der Waals surface area (Å²) in [6.45, 7) is 4.55. The van der Waals surface area contributed by atoms with E-state index < -0.39 is 0 Å². The lowest BCUT2D eigenvalue weighted by Crippen LogP contribution is -2.50. The van der Waals surface area contributed by atoms with Crippen LogP contribution in [-0.4, -0.2) is 65.6 Å². The Morgan fingerprint density at radius 2 is 1.73 bits per heavy atom. The monoisotopic (exact) mass is 439 g/mol. The molecule has 0 spiro atoms. The second-order valence-corrected chi connectivity index (χ2v) is 8.72. The number of carbonyl (C=O) groups excluding carboxylic acids is 1. The highest BCUT2D eigenvalue weighted by Gasteiger charge is 2.22. The Kier molecular flexibility index (Phi) is 6.19. The zero-order chi connectivity index (χ0) is 22.6. The van der Waals surface area contributed by atoms with Gasteiger partial charge in [-0.05, 0) is 61.0 Å². The molecule has 1 saturated heterocycles. The van der Waals surface area contributed by atoms with Gasteiger partial charge in [0.25, 0.3) is 5.91 Å². The summed E-state index contributed by atoms with van der Waals surface area (Å²) in [5.41, 5.74) is 4.97. The predicted molar refractivity (Wildman–Crippen MR) is 133 cm³/mol. The van der Waals surface area contributed by atoms with Gasteiger partial charge in [0.15, 0.2) is 0 Å². The molecule has 168 valence electrons. The Hall–Kier alpha value is -3.48. The number of aromatic amines is 1. The average Bonchev–Trinajstić information content (AvgIpc) is 3.27. The molecule has 33 heavy (non-hydrogen) atoms. The van der Waals surface area contributed by atoms with Gasteiger partial charge in [0.05, 0.1) is 6.67 Å². The molecule has 0 atom stereocenters. The van der Waals surface area contributed by atoms with E-state index >= 15 is 0 Å². The maximum absolute atomic E-state index is 13.4. The van der Waals surface area contributed by atoms with Crippen molar-refractivity contribution in [2.75, 3.05) is 44.8 Å². The van der Waals surface area contributed by atoms with Gasteiger partial charge in [-0.1, -0.05) is 30.3 Å². The zero-order valence-electron chi connectivity index (χ0n) is 18.9. The van der Waals surface area contributed by atoms with E-state index in [2.05, 4.69) is 57.1 Å². The van der Waals surface area contributed by atoms with Crippen LogP contribution in [-0.2, 0) is 6.42 Å². The SMILES string of the molecule is CN1CCN(CN(C(=O)c2ccccc2)c2ccc(Cc3c[nH]c4ncccc34)cc2)CC1. The minimum absolute atomic E-state index is 0.0324. The van der Waals surface area contributed by atoms with Crippen molar-refractivity contribution in [1.29, 1.82) is 0 Å². The number of piperazine rings is 1. The number of rotatable bonds is 6. The van der Waals surface area contributed by atoms with Crippen LogP contribution in [0.15, 0.2) is 79.1 Å². The molecule has 6 nitrogen and oxygen atoms in total. The molecule has 0 radical (unpaired) electrons. The van der Waals surface area contributed by atoms with E-state index in [0.29, 0.717) is 12.2 Å². The molecule has 4 aromatic rings. The van der Waals surface area contributed by atoms with Gasteiger partial charge < -0.3 is 9.88 Å². The first-order valence-electron chi connectivity index (χ1n) is 11.4. The number of nitrogens with one attached hydrogen (secondary N) is 1. The van der Waals surface area contributed by atoms with E-state index in [1.165, 1.54) is 11.1 Å². The highest BCUT2D eigenvalue weighted by Crippen LogP contribution is 2.23. The fraction of sp³-hybridized carbons (Fsp3) is 0.259. The summed E-state index contributed by atoms with van der Waals surface area (Å²) in [6.07, 6.45) is 4.65. The number of pyridine rings is 1. The number of H-pyrrole nitrogens is 1. The van der Waals surface area contributed by atoms with Crippen LogP contribution in [0, 0.1) is 0 Å². The molecule has 1 amide bonds. The molecule has 1 N–H and O–H groups in total. The summed E-state index contributed by atoms with van der Waals surface area (Å²) in [7, 11) is 2.15. The number of fused-ring (bicyclic) bond motifs is 1. The molecule has 1 fully saturated rings. The molecule has 6 heteroatoms. The van der Waals surface area contributed by atoms with E-state index in [9.17, 15) is 4.79 Å². The van der Waals surface area contributed by atoms with Gasteiger partial charge in [0, 0.05) is 55.2 Å². The van der Waals surface area contributed by atoms with Gasteiger partial charge in [0.1, 0.15) is 5.65 Å². The fourth-order valence-corrected chi connectivity index (χ4v) is 4.36. The molecule has 0 aliphatic carbocycles. The maximum atomic E-state index is 13.4. The normalized spacial score (nSPS) is 15.1. The van der Waals surface area contributed by atoms with Crippen LogP contribution in [0.1, 0.15) is 21.5 Å². The molecule has 5 rings (SSSR count). The summed E-state index contributed by atoms with van der Waals surface area (Å²) in [6, 6.07) is 22.0. The first kappa shape index (κ1) is 21.4. The highest BCUT2D eigenvalue weighted by molar-refractivity contribution is 6.06. The average molecular weight is 440 g/mol. The second kappa shape index (κ2) is 9.57. The number of hydrogen-bond acceptors (Lipinski definition) is 4. The second-order valence-electron chi connectivity index (χ2n) is 8.72. The zero-order valence-corrected chi connectivity index (χ0v) is 18.9. The van der Waals surface area contributed by atoms with Crippen LogP contribution in [0.25, 0.3) is 11.0 Å². The lowest BCUT2D eigenvalue weighted by molar-refractivity contribution is 0.0945. The molecule has 2 aromatic carbocycles. The van der Waals surface area contributed by atoms with Gasteiger partial charge >= 0.3 is 0 Å². The summed E-state index contributed by atoms with van der Waals surface area (Å²) in [4.78, 5) is 27.7. The Balaban J connectivity index is 1.38. The summed E-state index contributed by atoms with van der Waals surface area (Å²) in [5.74, 6) is 0.0324. The quantitative estimate of drug-likeness (QED) is 0.493. The van der Waals surface area contributed by atoms with Crippen LogP contribution in [0.5, 0.6) is 0 Å². The van der Waals surface area contributed by atoms with E-state index in [4.69, 9.17) is 0 Å². The van der Waals surface area contributed by atoms with Gasteiger partial charge in [-0.25, -0.2) is 4.98 Å². The highest BCUT2D eigenvalue weighted by atomic mass is 16.2. The van der Waals surface area contributed by atoms with Crippen molar-refractivity contribution in [3.05, 3.63) is 95.8 Å². The Morgan fingerprint density at radius 1 is 0.970 bits per heavy atom. The Labute approximate surface area is 194 Å². The third-order valence-electron chi connectivity index (χ3n) is 6.38. The number of aromatic nitrogens is 2. The first-order valence-corrected chi connectivity index (χ1v) is 11.4. The lowest BCUT2D eigenvalue weighted by Gasteiger charge is -2.36. The smallest absolute Gasteiger partial charge is 0.259 e. The van der Waals surface area contributed by atoms with Gasteiger partial charge in [-0.3, -0.25) is 14.6 Å². The largest absolute Gasteiger partial charge is 0.346 e. The van der Waals surface area contributed by atoms with Crippen LogP contribution >= 0.6 is 0 Å². The molecular weight excluding hydrogens is 410 g/mol. The van der Waals surface area contributed by atoms with Gasteiger partial charge in [-0.2, -0.15) is 0 Å². The Bertz CT molecular complexity index is 1210.